The molecule has 18 heavy (non-hydrogen) atoms. The van der Waals surface area contributed by atoms with Crippen molar-refractivity contribution in [1.82, 2.24) is 5.32 Å². The first kappa shape index (κ1) is 12.4. The summed E-state index contributed by atoms with van der Waals surface area (Å²) in [6.45, 7) is 3.12. The van der Waals surface area contributed by atoms with Crippen LogP contribution >= 0.6 is 0 Å². The van der Waals surface area contributed by atoms with Gasteiger partial charge in [0.15, 0.2) is 5.78 Å². The molecule has 4 heteroatoms. The Morgan fingerprint density at radius 2 is 2.11 bits per heavy atom. The van der Waals surface area contributed by atoms with Crippen molar-refractivity contribution in [3.8, 4) is 0 Å². The fraction of sp³-hybridized carbons (Fsp3) is 0.286. The minimum Gasteiger partial charge on any atom is -0.506 e. The van der Waals surface area contributed by atoms with Crippen LogP contribution in [0.5, 0.6) is 0 Å². The van der Waals surface area contributed by atoms with E-state index in [4.69, 9.17) is 0 Å². The van der Waals surface area contributed by atoms with Gasteiger partial charge in [0.1, 0.15) is 17.2 Å². The molecule has 1 aromatic rings. The summed E-state index contributed by atoms with van der Waals surface area (Å²) in [6, 6.07) is 9.05. The molecule has 0 radical (unpaired) electrons. The fourth-order valence-corrected chi connectivity index (χ4v) is 1.86. The van der Waals surface area contributed by atoms with E-state index < -0.39 is 0 Å². The van der Waals surface area contributed by atoms with Crippen LogP contribution in [0.2, 0.25) is 0 Å². The molecule has 0 aliphatic carbocycles. The van der Waals surface area contributed by atoms with Crippen LogP contribution in [0.4, 0.5) is 0 Å². The second-order valence-corrected chi connectivity index (χ2v) is 4.02. The maximum Gasteiger partial charge on any atom is 0.170 e. The van der Waals surface area contributed by atoms with Crippen LogP contribution in [0, 0.1) is 0 Å². The molecule has 1 aliphatic heterocycles. The predicted octanol–water partition coefficient (Wildman–Crippen LogP) is 1.94. The second-order valence-electron chi connectivity index (χ2n) is 4.02. The molecule has 0 bridgehead atoms. The van der Waals surface area contributed by atoms with Gasteiger partial charge in [0.25, 0.3) is 0 Å². The molecule has 4 nitrogen and oxygen atoms in total. The first-order chi connectivity index (χ1) is 8.74. The molecule has 0 saturated heterocycles. The van der Waals surface area contributed by atoms with E-state index in [9.17, 15) is 9.90 Å². The van der Waals surface area contributed by atoms with E-state index in [1.54, 1.807) is 19.1 Å². The average Bonchev–Trinajstić information content (AvgIpc) is 2.93. The lowest BCUT2D eigenvalue weighted by molar-refractivity contribution is -0.114. The quantitative estimate of drug-likeness (QED) is 0.628. The monoisotopic (exact) mass is 244 g/mol. The zero-order chi connectivity index (χ0) is 13.0. The minimum atomic E-state index is -0.107. The van der Waals surface area contributed by atoms with Crippen molar-refractivity contribution >= 4 is 17.4 Å². The van der Waals surface area contributed by atoms with Gasteiger partial charge in [-0.15, -0.1) is 0 Å². The van der Waals surface area contributed by atoms with Gasteiger partial charge in [-0.1, -0.05) is 37.3 Å². The van der Waals surface area contributed by atoms with Crippen LogP contribution < -0.4 is 5.32 Å². The summed E-state index contributed by atoms with van der Waals surface area (Å²) in [6.07, 6.45) is 0.340. The van der Waals surface area contributed by atoms with E-state index in [1.165, 1.54) is 0 Å². The number of nitrogens with zero attached hydrogens (tertiary/aromatic N) is 1. The van der Waals surface area contributed by atoms with Gasteiger partial charge in [-0.05, 0) is 0 Å². The Bertz CT molecular complexity index is 504. The Balaban J connectivity index is 2.48. The molecule has 1 heterocycles. The zero-order valence-corrected chi connectivity index (χ0v) is 10.3. The number of amidine groups is 1. The molecular formula is C14H16N2O2. The van der Waals surface area contributed by atoms with E-state index in [1.807, 2.05) is 18.2 Å². The number of hydrogen-bond donors (Lipinski definition) is 2. The Morgan fingerprint density at radius 3 is 2.67 bits per heavy atom. The third kappa shape index (κ3) is 2.42. The number of aliphatic imine (C=N–C) groups is 1. The van der Waals surface area contributed by atoms with Crippen molar-refractivity contribution in [3.05, 3.63) is 41.5 Å². The fourth-order valence-electron chi connectivity index (χ4n) is 1.86. The number of carbonyl (C=O) groups excluding carboxylic acids is 1. The van der Waals surface area contributed by atoms with Crippen molar-refractivity contribution in [2.24, 2.45) is 4.99 Å². The molecule has 94 valence electrons. The summed E-state index contributed by atoms with van der Waals surface area (Å²) >= 11 is 0. The summed E-state index contributed by atoms with van der Waals surface area (Å²) in [7, 11) is 0. The van der Waals surface area contributed by atoms with Gasteiger partial charge in [-0.3, -0.25) is 9.79 Å². The summed E-state index contributed by atoms with van der Waals surface area (Å²) < 4.78 is 0. The van der Waals surface area contributed by atoms with Gasteiger partial charge < -0.3 is 10.4 Å². The number of Topliss-reactive ketones (excluding diaryl/α,β-unsaturated/α-hetero) is 1. The molecule has 0 amide bonds. The molecule has 0 aromatic heterocycles. The normalized spacial score (nSPS) is 15.7. The second kappa shape index (κ2) is 5.49. The van der Waals surface area contributed by atoms with Gasteiger partial charge in [0.2, 0.25) is 0 Å². The molecule has 0 saturated carbocycles. The van der Waals surface area contributed by atoms with E-state index in [2.05, 4.69) is 10.3 Å². The summed E-state index contributed by atoms with van der Waals surface area (Å²) in [5.41, 5.74) is 0.923. The van der Waals surface area contributed by atoms with E-state index in [0.29, 0.717) is 36.5 Å². The van der Waals surface area contributed by atoms with Crippen molar-refractivity contribution in [3.63, 3.8) is 0 Å². The average molecular weight is 244 g/mol. The standard InChI is InChI=1S/C14H16N2O2/c1-2-11(17)12(14-15-8-9-16-14)13(18)10-6-4-3-5-7-10/h3-7,18H,2,8-9H2,1H3,(H,15,16)/b13-12-. The Morgan fingerprint density at radius 1 is 1.39 bits per heavy atom. The molecule has 0 spiro atoms. The first-order valence-corrected chi connectivity index (χ1v) is 6.04. The van der Waals surface area contributed by atoms with Crippen molar-refractivity contribution in [2.75, 3.05) is 13.1 Å². The van der Waals surface area contributed by atoms with Crippen LogP contribution in [-0.4, -0.2) is 29.8 Å². The highest BCUT2D eigenvalue weighted by Crippen LogP contribution is 2.19. The van der Waals surface area contributed by atoms with Crippen LogP contribution in [0.25, 0.3) is 5.76 Å². The summed E-state index contributed by atoms with van der Waals surface area (Å²) in [5, 5.41) is 13.3. The number of benzene rings is 1. The topological polar surface area (TPSA) is 61.7 Å². The highest BCUT2D eigenvalue weighted by molar-refractivity contribution is 6.25. The number of hydrogen-bond acceptors (Lipinski definition) is 4. The zero-order valence-electron chi connectivity index (χ0n) is 10.3. The minimum absolute atomic E-state index is 0.00407. The number of carbonyl (C=O) groups is 1. The smallest absolute Gasteiger partial charge is 0.170 e. The third-order valence-corrected chi connectivity index (χ3v) is 2.79. The van der Waals surface area contributed by atoms with E-state index in [0.717, 1.165) is 0 Å². The molecule has 0 unspecified atom stereocenters. The van der Waals surface area contributed by atoms with Crippen LogP contribution in [0.15, 0.2) is 40.9 Å². The molecule has 1 aromatic carbocycles. The maximum absolute atomic E-state index is 12.0. The van der Waals surface area contributed by atoms with Crippen LogP contribution in [-0.2, 0) is 4.79 Å². The molecular weight excluding hydrogens is 228 g/mol. The van der Waals surface area contributed by atoms with Gasteiger partial charge >= 0.3 is 0 Å². The Hall–Kier alpha value is -2.10. The number of aliphatic hydroxyl groups is 1. The molecule has 0 atom stereocenters. The highest BCUT2D eigenvalue weighted by Gasteiger charge is 2.22. The highest BCUT2D eigenvalue weighted by atomic mass is 16.3. The summed E-state index contributed by atoms with van der Waals surface area (Å²) in [4.78, 5) is 16.2. The number of ketones is 1. The SMILES string of the molecule is CCC(=O)/C(C1=NCCN1)=C(/O)c1ccccc1. The number of aliphatic hydroxyl groups excluding tert-OH is 1. The third-order valence-electron chi connectivity index (χ3n) is 2.79. The molecule has 0 fully saturated rings. The lowest BCUT2D eigenvalue weighted by atomic mass is 10.0. The number of rotatable bonds is 4. The van der Waals surface area contributed by atoms with Crippen molar-refractivity contribution < 1.29 is 9.90 Å². The van der Waals surface area contributed by atoms with Gasteiger partial charge in [-0.25, -0.2) is 0 Å². The summed E-state index contributed by atoms with van der Waals surface area (Å²) in [5.74, 6) is 0.392. The van der Waals surface area contributed by atoms with Gasteiger partial charge in [0, 0.05) is 18.5 Å². The maximum atomic E-state index is 12.0. The lowest BCUT2D eigenvalue weighted by Crippen LogP contribution is -2.25. The molecule has 2 N–H and O–H groups in total. The van der Waals surface area contributed by atoms with Crippen molar-refractivity contribution in [2.45, 2.75) is 13.3 Å². The van der Waals surface area contributed by atoms with Crippen LogP contribution in [0.1, 0.15) is 18.9 Å². The largest absolute Gasteiger partial charge is 0.506 e. The Labute approximate surface area is 106 Å². The van der Waals surface area contributed by atoms with Crippen LogP contribution in [0.3, 0.4) is 0 Å². The van der Waals surface area contributed by atoms with E-state index >= 15 is 0 Å². The Kier molecular flexibility index (Phi) is 3.77. The molecule has 2 rings (SSSR count). The van der Waals surface area contributed by atoms with Gasteiger partial charge in [-0.2, -0.15) is 0 Å². The van der Waals surface area contributed by atoms with E-state index in [-0.39, 0.29) is 11.5 Å². The molecule has 1 aliphatic rings. The predicted molar refractivity (Wildman–Crippen MR) is 71.6 cm³/mol. The van der Waals surface area contributed by atoms with Gasteiger partial charge in [0.05, 0.1) is 6.54 Å². The lowest BCUT2D eigenvalue weighted by Gasteiger charge is -2.10. The van der Waals surface area contributed by atoms with Crippen molar-refractivity contribution in [1.29, 1.82) is 0 Å². The number of nitrogens with one attached hydrogen (secondary N) is 1. The first-order valence-electron chi connectivity index (χ1n) is 6.04.